The predicted octanol–water partition coefficient (Wildman–Crippen LogP) is 15.2. The van der Waals surface area contributed by atoms with E-state index >= 15 is 0 Å². The molecule has 0 aliphatic carbocycles. The molecule has 0 spiro atoms. The standard InChI is InChI=1S/C30H36FNO6S2.C25H25FN2O4S.C19H32BNO4S.C17H16BrFO4S/c1-8-40(36,37)18-20-9-11-22(29(34)23-12-10-21(31)14-27(23)38-7)25(13-20)26-16-32(6)28(33)15-24(26)19(2)17-39(35)30(3,4)5;1-5-33(30,31)14-16-6-8-18-21(10-16)22-13-28(3)24(29)12-20(22)15(2)27-25(18)19-9-7-17(26)11-23(19)32-4;1-13(12-26(23)17(2,3)4)14-10-16(22)21(9)11-15(14)20-24-18(5,6)19(7,8)25-20;1-3-24(21,22)10-11-4-6-13(15(18)8-11)17(20)14-7-5-12(19)9-16(14)23-2/h9-16,19H,8,17-18H2,1-7H3;6-13,15H,5,14H2,1-4H3;10-11,13H,12H2,1-9H3;4-9H,3,10H2,1-2H3/t19-,39-;15-;13-,26-;/m101./s1. The van der Waals surface area contributed by atoms with Crippen LogP contribution in [0, 0.1) is 17.5 Å². The lowest BCUT2D eigenvalue weighted by molar-refractivity contribution is 0.00578. The van der Waals surface area contributed by atoms with E-state index in [9.17, 15) is 70.8 Å². The lowest BCUT2D eigenvalue weighted by Gasteiger charge is -2.32. The molecule has 662 valence electrons. The Labute approximate surface area is 733 Å². The predicted molar refractivity (Wildman–Crippen MR) is 487 cm³/mol. The molecular weight excluding hydrogens is 1750 g/mol. The third-order valence-electron chi connectivity index (χ3n) is 21.6. The molecule has 0 amide bonds. The quantitative estimate of drug-likeness (QED) is 0.0379. The lowest BCUT2D eigenvalue weighted by Crippen LogP contribution is -2.41. The van der Waals surface area contributed by atoms with Crippen LogP contribution in [-0.4, -0.2) is 143 Å². The molecule has 1 saturated heterocycles. The first-order valence-corrected chi connectivity index (χ1v) is 48.6. The van der Waals surface area contributed by atoms with Gasteiger partial charge in [0, 0.05) is 179 Å². The molecule has 1 fully saturated rings. The third kappa shape index (κ3) is 24.6. The van der Waals surface area contributed by atoms with Crippen molar-refractivity contribution in [3.05, 3.63) is 266 Å². The van der Waals surface area contributed by atoms with Crippen molar-refractivity contribution in [3.63, 3.8) is 0 Å². The first-order chi connectivity index (χ1) is 57.1. The largest absolute Gasteiger partial charge is 0.496 e. The maximum Gasteiger partial charge on any atom is 0.496 e. The number of hydrogen-bond acceptors (Lipinski definition) is 19. The van der Waals surface area contributed by atoms with Gasteiger partial charge >= 0.3 is 7.12 Å². The maximum absolute atomic E-state index is 13.9. The van der Waals surface area contributed by atoms with Crippen molar-refractivity contribution in [1.29, 1.82) is 0 Å². The van der Waals surface area contributed by atoms with Crippen LogP contribution in [0.5, 0.6) is 17.2 Å². The van der Waals surface area contributed by atoms with Crippen molar-refractivity contribution >= 4 is 96.9 Å². The number of carbonyl (C=O) groups excluding carboxylic acids is 2. The molecule has 0 N–H and O–H groups in total. The van der Waals surface area contributed by atoms with Gasteiger partial charge in [0.15, 0.2) is 41.1 Å². The lowest BCUT2D eigenvalue weighted by atomic mass is 9.74. The van der Waals surface area contributed by atoms with Crippen molar-refractivity contribution in [1.82, 2.24) is 13.7 Å². The van der Waals surface area contributed by atoms with Gasteiger partial charge in [-0.25, -0.2) is 38.4 Å². The van der Waals surface area contributed by atoms with Crippen LogP contribution in [0.2, 0.25) is 0 Å². The number of aryl methyl sites for hydroxylation is 3. The number of methoxy groups -OCH3 is 3. The van der Waals surface area contributed by atoms with Crippen LogP contribution >= 0.6 is 15.9 Å². The summed E-state index contributed by atoms with van der Waals surface area (Å²) in [7, 11) is -3.41. The Balaban J connectivity index is 0.000000208. The Morgan fingerprint density at radius 2 is 0.870 bits per heavy atom. The first-order valence-electron chi connectivity index (χ1n) is 39.7. The molecule has 9 aromatic rings. The van der Waals surface area contributed by atoms with E-state index in [4.69, 9.17) is 28.5 Å². The van der Waals surface area contributed by atoms with E-state index in [1.807, 2.05) is 102 Å². The number of rotatable bonds is 25. The second-order valence-electron chi connectivity index (χ2n) is 33.4. The molecule has 11 rings (SSSR count). The number of sulfone groups is 3. The second kappa shape index (κ2) is 40.1. The van der Waals surface area contributed by atoms with E-state index in [0.717, 1.165) is 45.4 Å². The van der Waals surface area contributed by atoms with Crippen LogP contribution in [0.1, 0.15) is 205 Å². The van der Waals surface area contributed by atoms with E-state index in [-0.39, 0.29) is 114 Å². The normalized spacial score (nSPS) is 15.3. The van der Waals surface area contributed by atoms with E-state index < -0.39 is 97.4 Å². The number of carbonyl (C=O) groups is 2. The van der Waals surface area contributed by atoms with Gasteiger partial charge in [0.25, 0.3) is 11.1 Å². The Morgan fingerprint density at radius 3 is 1.33 bits per heavy atom. The van der Waals surface area contributed by atoms with Gasteiger partial charge in [0.1, 0.15) is 34.7 Å². The molecule has 2 aliphatic heterocycles. The highest BCUT2D eigenvalue weighted by Gasteiger charge is 2.53. The van der Waals surface area contributed by atoms with E-state index in [0.29, 0.717) is 66.2 Å². The molecule has 123 heavy (non-hydrogen) atoms. The first kappa shape index (κ1) is 99.4. The fraction of sp³-hybridized carbons (Fsp3) is 0.407. The van der Waals surface area contributed by atoms with Crippen LogP contribution in [0.4, 0.5) is 13.2 Å². The number of hydrogen-bond donors (Lipinski definition) is 0. The highest BCUT2D eigenvalue weighted by atomic mass is 79.9. The number of fused-ring (bicyclic) bond motifs is 3. The summed E-state index contributed by atoms with van der Waals surface area (Å²) < 4.78 is 172. The molecular formula is C91H109BBrF3N4O18S5. The smallest absolute Gasteiger partial charge is 0.496 e. The summed E-state index contributed by atoms with van der Waals surface area (Å²) in [4.78, 5) is 68.9. The number of benzene rings is 6. The number of aliphatic imine (C=N–C) groups is 1. The van der Waals surface area contributed by atoms with Crippen molar-refractivity contribution in [2.45, 2.75) is 167 Å². The van der Waals surface area contributed by atoms with Crippen LogP contribution < -0.4 is 36.4 Å². The number of pyridine rings is 3. The zero-order chi connectivity index (χ0) is 91.9. The van der Waals surface area contributed by atoms with Gasteiger partial charge in [0.2, 0.25) is 5.56 Å². The van der Waals surface area contributed by atoms with Crippen LogP contribution in [-0.2, 0) is 98.8 Å². The van der Waals surface area contributed by atoms with E-state index in [1.54, 1.807) is 121 Å². The van der Waals surface area contributed by atoms with Crippen molar-refractivity contribution < 1.29 is 80.0 Å². The summed E-state index contributed by atoms with van der Waals surface area (Å²) >= 11 is 3.30. The third-order valence-corrected chi connectivity index (χ3v) is 31.5. The van der Waals surface area contributed by atoms with Gasteiger partial charge in [-0.05, 0) is 193 Å². The highest BCUT2D eigenvalue weighted by Crippen LogP contribution is 2.42. The molecule has 0 saturated carbocycles. The minimum absolute atomic E-state index is 0.0435. The number of ether oxygens (including phenoxy) is 3. The van der Waals surface area contributed by atoms with E-state index in [1.165, 1.54) is 77.5 Å². The van der Waals surface area contributed by atoms with Gasteiger partial charge in [-0.2, -0.15) is 0 Å². The second-order valence-corrected chi connectivity index (χ2v) is 45.8. The molecule has 22 nitrogen and oxygen atoms in total. The zero-order valence-corrected chi connectivity index (χ0v) is 79.2. The fourth-order valence-corrected chi connectivity index (χ4v) is 18.9. The minimum Gasteiger partial charge on any atom is -0.496 e. The highest BCUT2D eigenvalue weighted by molar-refractivity contribution is 9.10. The molecule has 0 unspecified atom stereocenters. The van der Waals surface area contributed by atoms with E-state index in [2.05, 4.69) is 15.9 Å². The van der Waals surface area contributed by atoms with Gasteiger partial charge in [-0.15, -0.1) is 0 Å². The Bertz CT molecular complexity index is 6140. The minimum atomic E-state index is -3.39. The molecule has 3 aromatic heterocycles. The average Bonchev–Trinajstić information content (AvgIpc) is 1.66. The summed E-state index contributed by atoms with van der Waals surface area (Å²) in [6.45, 7) is 30.1. The molecule has 0 radical (unpaired) electrons. The van der Waals surface area contributed by atoms with Crippen LogP contribution in [0.25, 0.3) is 22.3 Å². The average molecular weight is 1850 g/mol. The zero-order valence-electron chi connectivity index (χ0n) is 73.5. The van der Waals surface area contributed by atoms with Crippen molar-refractivity contribution in [2.24, 2.45) is 26.1 Å². The number of aromatic nitrogens is 3. The Hall–Kier alpha value is -9.02. The fourth-order valence-electron chi connectivity index (χ4n) is 13.4. The topological polar surface area (TPSA) is 295 Å². The number of halogens is 4. The number of nitrogens with zero attached hydrogens (tertiary/aromatic N) is 4. The van der Waals surface area contributed by atoms with Gasteiger partial charge < -0.3 is 37.2 Å². The summed E-state index contributed by atoms with van der Waals surface area (Å²) in [5, 5.41) is 0. The Kier molecular flexibility index (Phi) is 32.4. The summed E-state index contributed by atoms with van der Waals surface area (Å²) in [6, 6.07) is 30.9. The Morgan fingerprint density at radius 1 is 0.496 bits per heavy atom. The molecule has 6 aromatic carbocycles. The van der Waals surface area contributed by atoms with Crippen molar-refractivity contribution in [2.75, 3.05) is 50.1 Å². The van der Waals surface area contributed by atoms with Crippen molar-refractivity contribution in [3.8, 4) is 39.5 Å². The van der Waals surface area contributed by atoms with Gasteiger partial charge in [-0.3, -0.25) is 37.4 Å². The molecule has 5 heterocycles. The van der Waals surface area contributed by atoms with Gasteiger partial charge in [0.05, 0.1) is 72.7 Å². The van der Waals surface area contributed by atoms with Gasteiger partial charge in [-0.1, -0.05) is 80.9 Å². The molecule has 2 aliphatic rings. The summed E-state index contributed by atoms with van der Waals surface area (Å²) in [5.74, 6) is -1.68. The van der Waals surface area contributed by atoms with Crippen LogP contribution in [0.3, 0.4) is 0 Å². The summed E-state index contributed by atoms with van der Waals surface area (Å²) in [6.07, 6.45) is 5.15. The molecule has 0 bridgehead atoms. The summed E-state index contributed by atoms with van der Waals surface area (Å²) in [5.41, 5.74) is 8.71. The van der Waals surface area contributed by atoms with Crippen LogP contribution in [0.15, 0.2) is 170 Å². The maximum atomic E-state index is 13.9. The number of ketones is 2. The monoisotopic (exact) mass is 1850 g/mol. The SMILES string of the molecule is CCS(=O)(=O)Cc1ccc(C(=O)c2ccc(F)cc2OC)c(-c2cn(C)c(=O)cc2[C@H](C)C[S@@](=O)C(C)(C)C)c1.CCS(=O)(=O)Cc1ccc(C(=O)c2ccc(F)cc2OC)c(Br)c1.CCS(=O)(=O)Cc1ccc2c(c1)-c1cn(C)c(=O)cc1[C@H](C)N=C2c1ccc(F)cc1OC.C[C@H](C[S@@](=O)C(C)(C)C)c1cc(=O)n(C)cc1B1OC(C)(C)C(C)(C)O1. The molecule has 5 atom stereocenters. The molecule has 32 heteroatoms.